The number of aromatic hydroxyl groups is 1. The molecule has 148 valence electrons. The summed E-state index contributed by atoms with van der Waals surface area (Å²) in [5, 5.41) is 12.4. The number of carbonyl (C=O) groups is 2. The number of fused-ring (bicyclic) bond motifs is 1. The van der Waals surface area contributed by atoms with Gasteiger partial charge in [-0.1, -0.05) is 42.2 Å². The second-order valence-corrected chi connectivity index (χ2v) is 7.89. The van der Waals surface area contributed by atoms with Crippen molar-refractivity contribution < 1.29 is 24.2 Å². The molecule has 2 aromatic carbocycles. The van der Waals surface area contributed by atoms with Gasteiger partial charge in [-0.3, -0.25) is 14.5 Å². The van der Waals surface area contributed by atoms with Crippen molar-refractivity contribution >= 4 is 46.2 Å². The predicted octanol–water partition coefficient (Wildman–Crippen LogP) is 2.75. The molecule has 0 radical (unpaired) electrons. The van der Waals surface area contributed by atoms with Gasteiger partial charge in [0, 0.05) is 13.1 Å². The van der Waals surface area contributed by atoms with Crippen LogP contribution in [-0.4, -0.2) is 46.0 Å². The van der Waals surface area contributed by atoms with E-state index in [9.17, 15) is 14.7 Å². The Morgan fingerprint density at radius 3 is 2.86 bits per heavy atom. The zero-order chi connectivity index (χ0) is 20.4. The van der Waals surface area contributed by atoms with E-state index in [2.05, 4.69) is 5.32 Å². The largest absolute Gasteiger partial charge is 0.507 e. The highest BCUT2D eigenvalue weighted by atomic mass is 32.2. The first-order valence-corrected chi connectivity index (χ1v) is 9.96. The van der Waals surface area contributed by atoms with Gasteiger partial charge in [0.05, 0.1) is 10.5 Å². The number of phenolic OH excluding ortho intramolecular Hbond substituents is 1. The molecule has 2 heterocycles. The summed E-state index contributed by atoms with van der Waals surface area (Å²) in [6.45, 7) is 0.632. The molecule has 0 atom stereocenters. The lowest BCUT2D eigenvalue weighted by Crippen LogP contribution is -2.37. The molecule has 2 aromatic rings. The second-order valence-electron chi connectivity index (χ2n) is 6.22. The van der Waals surface area contributed by atoms with Gasteiger partial charge in [-0.15, -0.1) is 0 Å². The van der Waals surface area contributed by atoms with Gasteiger partial charge in [0.1, 0.15) is 10.1 Å². The van der Waals surface area contributed by atoms with Crippen LogP contribution in [0.25, 0.3) is 6.08 Å². The van der Waals surface area contributed by atoms with Gasteiger partial charge < -0.3 is 19.9 Å². The molecule has 1 fully saturated rings. The molecule has 0 aliphatic carbocycles. The monoisotopic (exact) mass is 428 g/mol. The number of thioether (sulfide) groups is 1. The van der Waals surface area contributed by atoms with E-state index >= 15 is 0 Å². The summed E-state index contributed by atoms with van der Waals surface area (Å²) >= 11 is 6.53. The van der Waals surface area contributed by atoms with Gasteiger partial charge in [0.2, 0.25) is 6.79 Å². The number of ether oxygens (including phenoxy) is 2. The van der Waals surface area contributed by atoms with Crippen LogP contribution in [0.15, 0.2) is 47.4 Å². The molecule has 29 heavy (non-hydrogen) atoms. The maximum Gasteiger partial charge on any atom is 0.266 e. The van der Waals surface area contributed by atoms with Gasteiger partial charge in [-0.25, -0.2) is 0 Å². The standard InChI is InChI=1S/C20H16N2O5S2/c23-14-4-2-1-3-13(14)18(24)21-7-8-22-19(25)17(29-20(22)28)10-12-5-6-15-16(9-12)27-11-26-15/h1-6,9-10,23H,7-8,11H2,(H,21,24)/b17-10+. The third kappa shape index (κ3) is 4.06. The van der Waals surface area contributed by atoms with Crippen LogP contribution >= 0.6 is 24.0 Å². The van der Waals surface area contributed by atoms with E-state index < -0.39 is 5.91 Å². The number of nitrogens with zero attached hydrogens (tertiary/aromatic N) is 1. The Morgan fingerprint density at radius 2 is 2.03 bits per heavy atom. The molecule has 0 unspecified atom stereocenters. The van der Waals surface area contributed by atoms with Crippen LogP contribution in [0.5, 0.6) is 17.2 Å². The van der Waals surface area contributed by atoms with Crippen LogP contribution in [0.2, 0.25) is 0 Å². The summed E-state index contributed by atoms with van der Waals surface area (Å²) in [6, 6.07) is 11.7. The van der Waals surface area contributed by atoms with E-state index in [0.29, 0.717) is 20.7 Å². The number of hydrogen-bond donors (Lipinski definition) is 2. The van der Waals surface area contributed by atoms with Crippen molar-refractivity contribution in [3.8, 4) is 17.2 Å². The van der Waals surface area contributed by atoms with Gasteiger partial charge >= 0.3 is 0 Å². The van der Waals surface area contributed by atoms with E-state index in [1.807, 2.05) is 6.07 Å². The van der Waals surface area contributed by atoms with Crippen molar-refractivity contribution in [1.82, 2.24) is 10.2 Å². The maximum atomic E-state index is 12.7. The molecule has 2 aliphatic rings. The first-order valence-electron chi connectivity index (χ1n) is 8.74. The summed E-state index contributed by atoms with van der Waals surface area (Å²) in [5.41, 5.74) is 0.989. The Labute approximate surface area is 176 Å². The van der Waals surface area contributed by atoms with Crippen LogP contribution in [0.1, 0.15) is 15.9 Å². The highest BCUT2D eigenvalue weighted by molar-refractivity contribution is 8.26. The Balaban J connectivity index is 1.38. The Kier molecular flexibility index (Phi) is 5.41. The van der Waals surface area contributed by atoms with Crippen LogP contribution in [0.3, 0.4) is 0 Å². The highest BCUT2D eigenvalue weighted by Crippen LogP contribution is 2.36. The smallest absolute Gasteiger partial charge is 0.266 e. The normalized spacial score (nSPS) is 16.6. The highest BCUT2D eigenvalue weighted by Gasteiger charge is 2.31. The maximum absolute atomic E-state index is 12.7. The quantitative estimate of drug-likeness (QED) is 0.559. The third-order valence-corrected chi connectivity index (χ3v) is 5.72. The molecule has 0 saturated carbocycles. The lowest BCUT2D eigenvalue weighted by molar-refractivity contribution is -0.122. The Morgan fingerprint density at radius 1 is 1.24 bits per heavy atom. The number of carbonyl (C=O) groups excluding carboxylic acids is 2. The number of rotatable bonds is 5. The van der Waals surface area contributed by atoms with Gasteiger partial charge in [-0.05, 0) is 35.9 Å². The Hall–Kier alpha value is -3.04. The van der Waals surface area contributed by atoms with Crippen molar-refractivity contribution in [3.05, 3.63) is 58.5 Å². The zero-order valence-electron chi connectivity index (χ0n) is 15.1. The molecule has 4 rings (SSSR count). The van der Waals surface area contributed by atoms with E-state index in [4.69, 9.17) is 21.7 Å². The number of amides is 2. The molecule has 0 spiro atoms. The average Bonchev–Trinajstić information content (AvgIpc) is 3.27. The van der Waals surface area contributed by atoms with E-state index in [0.717, 1.165) is 5.56 Å². The summed E-state index contributed by atoms with van der Waals surface area (Å²) in [4.78, 5) is 26.8. The van der Waals surface area contributed by atoms with Gasteiger partial charge in [0.25, 0.3) is 11.8 Å². The van der Waals surface area contributed by atoms with Crippen LogP contribution in [-0.2, 0) is 4.79 Å². The molecule has 0 aromatic heterocycles. The summed E-state index contributed by atoms with van der Waals surface area (Å²) < 4.78 is 11.1. The second kappa shape index (κ2) is 8.14. The minimum absolute atomic E-state index is 0.0951. The van der Waals surface area contributed by atoms with Crippen LogP contribution in [0, 0.1) is 0 Å². The van der Waals surface area contributed by atoms with Crippen molar-refractivity contribution in [2.24, 2.45) is 0 Å². The van der Waals surface area contributed by atoms with E-state index in [-0.39, 0.29) is 37.1 Å². The molecular formula is C20H16N2O5S2. The number of para-hydroxylation sites is 1. The minimum atomic E-state index is -0.413. The average molecular weight is 428 g/mol. The molecule has 1 saturated heterocycles. The van der Waals surface area contributed by atoms with Crippen LogP contribution < -0.4 is 14.8 Å². The number of benzene rings is 2. The first-order chi connectivity index (χ1) is 14.0. The number of phenols is 1. The molecule has 2 aliphatic heterocycles. The topological polar surface area (TPSA) is 88.1 Å². The lowest BCUT2D eigenvalue weighted by atomic mass is 10.2. The van der Waals surface area contributed by atoms with Crippen molar-refractivity contribution in [2.45, 2.75) is 0 Å². The summed E-state index contributed by atoms with van der Waals surface area (Å²) in [5.74, 6) is 0.595. The predicted molar refractivity (Wildman–Crippen MR) is 113 cm³/mol. The summed E-state index contributed by atoms with van der Waals surface area (Å²) in [7, 11) is 0. The molecule has 2 amide bonds. The van der Waals surface area contributed by atoms with Crippen molar-refractivity contribution in [3.63, 3.8) is 0 Å². The van der Waals surface area contributed by atoms with Gasteiger partial charge in [-0.2, -0.15) is 0 Å². The molecule has 9 heteroatoms. The summed E-state index contributed by atoms with van der Waals surface area (Å²) in [6.07, 6.45) is 1.75. The van der Waals surface area contributed by atoms with Crippen LogP contribution in [0.4, 0.5) is 0 Å². The Bertz CT molecular complexity index is 1040. The molecular weight excluding hydrogens is 412 g/mol. The van der Waals surface area contributed by atoms with Crippen molar-refractivity contribution in [1.29, 1.82) is 0 Å². The fraction of sp³-hybridized carbons (Fsp3) is 0.150. The fourth-order valence-corrected chi connectivity index (χ4v) is 4.20. The van der Waals surface area contributed by atoms with E-state index in [1.54, 1.807) is 30.3 Å². The lowest BCUT2D eigenvalue weighted by Gasteiger charge is -2.15. The molecule has 0 bridgehead atoms. The fourth-order valence-electron chi connectivity index (χ4n) is 2.89. The molecule has 2 N–H and O–H groups in total. The van der Waals surface area contributed by atoms with Crippen molar-refractivity contribution in [2.75, 3.05) is 19.9 Å². The zero-order valence-corrected chi connectivity index (χ0v) is 16.7. The SMILES string of the molecule is O=C(NCCN1C(=O)/C(=C\c2ccc3c(c2)OCO3)SC1=S)c1ccccc1O. The number of thiocarbonyl (C=S) groups is 1. The first kappa shape index (κ1) is 19.3. The number of nitrogens with one attached hydrogen (secondary N) is 1. The van der Waals surface area contributed by atoms with Gasteiger partial charge in [0.15, 0.2) is 11.5 Å². The third-order valence-electron chi connectivity index (χ3n) is 4.34. The molecule has 7 nitrogen and oxygen atoms in total. The van der Waals surface area contributed by atoms with E-state index in [1.165, 1.54) is 28.8 Å². The minimum Gasteiger partial charge on any atom is -0.507 e. The number of hydrogen-bond acceptors (Lipinski definition) is 7.